The Morgan fingerprint density at radius 1 is 1.00 bits per heavy atom. The number of amides is 1. The van der Waals surface area contributed by atoms with E-state index >= 15 is 0 Å². The molecule has 0 fully saturated rings. The molecule has 126 valence electrons. The monoisotopic (exact) mass is 353 g/mol. The van der Waals surface area contributed by atoms with Crippen molar-refractivity contribution in [3.63, 3.8) is 0 Å². The topological polar surface area (TPSA) is 58.6 Å². The summed E-state index contributed by atoms with van der Waals surface area (Å²) in [6.07, 6.45) is 0. The number of rotatable bonds is 4. The van der Waals surface area contributed by atoms with Crippen molar-refractivity contribution in [3.8, 4) is 22.6 Å². The number of carbonyl (C=O) groups is 1. The van der Waals surface area contributed by atoms with Crippen LogP contribution >= 0.6 is 11.6 Å². The minimum Gasteiger partial charge on any atom is -0.507 e. The molecule has 0 aliphatic rings. The summed E-state index contributed by atoms with van der Waals surface area (Å²) in [5, 5.41) is 13.0. The van der Waals surface area contributed by atoms with Crippen LogP contribution in [-0.2, 0) is 0 Å². The lowest BCUT2D eigenvalue weighted by molar-refractivity contribution is 0.102. The fourth-order valence-electron chi connectivity index (χ4n) is 2.50. The van der Waals surface area contributed by atoms with Gasteiger partial charge in [-0.3, -0.25) is 4.79 Å². The number of hydrogen-bond donors (Lipinski definition) is 2. The Labute approximate surface area is 150 Å². The van der Waals surface area contributed by atoms with E-state index in [0.29, 0.717) is 16.5 Å². The molecule has 1 amide bonds. The molecule has 0 aliphatic heterocycles. The lowest BCUT2D eigenvalue weighted by Gasteiger charge is -2.13. The molecule has 2 N–H and O–H groups in total. The summed E-state index contributed by atoms with van der Waals surface area (Å²) in [7, 11) is 1.53. The highest BCUT2D eigenvalue weighted by Crippen LogP contribution is 2.31. The van der Waals surface area contributed by atoms with Gasteiger partial charge in [-0.2, -0.15) is 0 Å². The first-order valence-corrected chi connectivity index (χ1v) is 7.99. The van der Waals surface area contributed by atoms with Crippen molar-refractivity contribution >= 4 is 23.2 Å². The molecule has 0 saturated heterocycles. The molecule has 0 aliphatic carbocycles. The molecular weight excluding hydrogens is 338 g/mol. The Morgan fingerprint density at radius 3 is 2.48 bits per heavy atom. The van der Waals surface area contributed by atoms with Crippen molar-refractivity contribution < 1.29 is 14.6 Å². The summed E-state index contributed by atoms with van der Waals surface area (Å²) < 4.78 is 5.32. The van der Waals surface area contributed by atoms with Crippen molar-refractivity contribution in [2.75, 3.05) is 12.4 Å². The molecule has 0 bridgehead atoms. The van der Waals surface area contributed by atoms with Crippen LogP contribution in [0.2, 0.25) is 5.02 Å². The maximum atomic E-state index is 12.5. The largest absolute Gasteiger partial charge is 0.507 e. The normalized spacial score (nSPS) is 10.3. The molecule has 0 aromatic heterocycles. The predicted octanol–water partition coefficient (Wildman–Crippen LogP) is 4.97. The number of ether oxygens (including phenoxy) is 1. The minimum atomic E-state index is -0.469. The number of phenolic OH excluding ortho intramolecular Hbond substituents is 1. The second kappa shape index (κ2) is 7.28. The Hall–Kier alpha value is -2.98. The van der Waals surface area contributed by atoms with E-state index in [1.807, 2.05) is 42.5 Å². The van der Waals surface area contributed by atoms with E-state index in [9.17, 15) is 9.90 Å². The number of aromatic hydroxyl groups is 1. The number of hydrogen-bond acceptors (Lipinski definition) is 3. The van der Waals surface area contributed by atoms with Gasteiger partial charge < -0.3 is 15.2 Å². The standard InChI is InChI=1S/C20H16ClNO3/c1-25-19-10-7-14(13-5-3-2-4-6-13)11-17(19)22-20(24)16-12-15(21)8-9-18(16)23/h2-12,23H,1H3,(H,22,24). The first kappa shape index (κ1) is 16.9. The van der Waals surface area contributed by atoms with Gasteiger partial charge in [-0.05, 0) is 41.5 Å². The molecule has 5 heteroatoms. The van der Waals surface area contributed by atoms with Gasteiger partial charge in [0, 0.05) is 5.02 Å². The van der Waals surface area contributed by atoms with Gasteiger partial charge in [0.15, 0.2) is 0 Å². The Bertz CT molecular complexity index is 910. The smallest absolute Gasteiger partial charge is 0.259 e. The van der Waals surface area contributed by atoms with E-state index in [2.05, 4.69) is 5.32 Å². The Morgan fingerprint density at radius 2 is 1.76 bits per heavy atom. The van der Waals surface area contributed by atoms with Gasteiger partial charge >= 0.3 is 0 Å². The van der Waals surface area contributed by atoms with Gasteiger partial charge in [0.1, 0.15) is 11.5 Å². The van der Waals surface area contributed by atoms with E-state index in [1.54, 1.807) is 6.07 Å². The van der Waals surface area contributed by atoms with Crippen LogP contribution in [0.25, 0.3) is 11.1 Å². The van der Waals surface area contributed by atoms with E-state index in [-0.39, 0.29) is 11.3 Å². The number of benzene rings is 3. The molecule has 0 saturated carbocycles. The van der Waals surface area contributed by atoms with Crippen LogP contribution in [0.3, 0.4) is 0 Å². The van der Waals surface area contributed by atoms with Gasteiger partial charge in [-0.1, -0.05) is 48.0 Å². The lowest BCUT2D eigenvalue weighted by atomic mass is 10.0. The molecule has 0 radical (unpaired) electrons. The summed E-state index contributed by atoms with van der Waals surface area (Å²) in [5.41, 5.74) is 2.56. The maximum absolute atomic E-state index is 12.5. The van der Waals surface area contributed by atoms with Crippen LogP contribution < -0.4 is 10.1 Å². The Kier molecular flexibility index (Phi) is 4.91. The number of nitrogens with one attached hydrogen (secondary N) is 1. The average Bonchev–Trinajstić information content (AvgIpc) is 2.64. The molecule has 0 spiro atoms. The zero-order chi connectivity index (χ0) is 17.8. The summed E-state index contributed by atoms with van der Waals surface area (Å²) in [4.78, 5) is 12.5. The van der Waals surface area contributed by atoms with Gasteiger partial charge in [0.05, 0.1) is 18.4 Å². The van der Waals surface area contributed by atoms with Crippen molar-refractivity contribution in [1.29, 1.82) is 0 Å². The highest BCUT2D eigenvalue weighted by molar-refractivity contribution is 6.31. The highest BCUT2D eigenvalue weighted by Gasteiger charge is 2.15. The van der Waals surface area contributed by atoms with Crippen molar-refractivity contribution in [1.82, 2.24) is 0 Å². The van der Waals surface area contributed by atoms with Crippen LogP contribution in [-0.4, -0.2) is 18.1 Å². The number of phenols is 1. The van der Waals surface area contributed by atoms with E-state index in [1.165, 1.54) is 25.3 Å². The van der Waals surface area contributed by atoms with E-state index in [4.69, 9.17) is 16.3 Å². The van der Waals surface area contributed by atoms with Gasteiger partial charge in [0.25, 0.3) is 5.91 Å². The third-order valence-corrected chi connectivity index (χ3v) is 3.99. The van der Waals surface area contributed by atoms with Crippen molar-refractivity contribution in [2.45, 2.75) is 0 Å². The van der Waals surface area contributed by atoms with E-state index in [0.717, 1.165) is 11.1 Å². The third-order valence-electron chi connectivity index (χ3n) is 3.76. The number of methoxy groups -OCH3 is 1. The van der Waals surface area contributed by atoms with Crippen LogP contribution in [0.5, 0.6) is 11.5 Å². The van der Waals surface area contributed by atoms with Crippen LogP contribution in [0.4, 0.5) is 5.69 Å². The van der Waals surface area contributed by atoms with Crippen LogP contribution in [0.1, 0.15) is 10.4 Å². The average molecular weight is 354 g/mol. The van der Waals surface area contributed by atoms with Gasteiger partial charge in [0.2, 0.25) is 0 Å². The lowest BCUT2D eigenvalue weighted by Crippen LogP contribution is -2.13. The first-order chi connectivity index (χ1) is 12.1. The maximum Gasteiger partial charge on any atom is 0.259 e. The molecular formula is C20H16ClNO3. The quantitative estimate of drug-likeness (QED) is 0.696. The second-order valence-electron chi connectivity index (χ2n) is 5.40. The number of carbonyl (C=O) groups excluding carboxylic acids is 1. The Balaban J connectivity index is 1.95. The predicted molar refractivity (Wildman–Crippen MR) is 99.5 cm³/mol. The zero-order valence-electron chi connectivity index (χ0n) is 13.5. The second-order valence-corrected chi connectivity index (χ2v) is 5.83. The summed E-state index contributed by atoms with van der Waals surface area (Å²) in [6, 6.07) is 19.6. The summed E-state index contributed by atoms with van der Waals surface area (Å²) in [5.74, 6) is -0.0851. The SMILES string of the molecule is COc1ccc(-c2ccccc2)cc1NC(=O)c1cc(Cl)ccc1O. The van der Waals surface area contributed by atoms with Gasteiger partial charge in [-0.15, -0.1) is 0 Å². The molecule has 4 nitrogen and oxygen atoms in total. The van der Waals surface area contributed by atoms with Crippen molar-refractivity contribution in [3.05, 3.63) is 77.3 Å². The fourth-order valence-corrected chi connectivity index (χ4v) is 2.67. The third kappa shape index (κ3) is 3.75. The zero-order valence-corrected chi connectivity index (χ0v) is 14.2. The molecule has 3 rings (SSSR count). The summed E-state index contributed by atoms with van der Waals surface area (Å²) >= 11 is 5.91. The number of anilines is 1. The minimum absolute atomic E-state index is 0.0969. The van der Waals surface area contributed by atoms with Crippen LogP contribution in [0.15, 0.2) is 66.7 Å². The molecule has 0 heterocycles. The molecule has 0 unspecified atom stereocenters. The fraction of sp³-hybridized carbons (Fsp3) is 0.0500. The summed E-state index contributed by atoms with van der Waals surface area (Å²) in [6.45, 7) is 0. The van der Waals surface area contributed by atoms with Crippen LogP contribution in [0, 0.1) is 0 Å². The first-order valence-electron chi connectivity index (χ1n) is 7.62. The van der Waals surface area contributed by atoms with E-state index < -0.39 is 5.91 Å². The van der Waals surface area contributed by atoms with Crippen molar-refractivity contribution in [2.24, 2.45) is 0 Å². The highest BCUT2D eigenvalue weighted by atomic mass is 35.5. The molecule has 3 aromatic carbocycles. The molecule has 0 atom stereocenters. The van der Waals surface area contributed by atoms with Gasteiger partial charge in [-0.25, -0.2) is 0 Å². The number of halogens is 1. The molecule has 3 aromatic rings. The molecule has 25 heavy (non-hydrogen) atoms.